The van der Waals surface area contributed by atoms with Crippen LogP contribution in [0.15, 0.2) is 47.3 Å². The van der Waals surface area contributed by atoms with Gasteiger partial charge in [-0.25, -0.2) is 4.39 Å². The third kappa shape index (κ3) is 4.09. The molecule has 0 aliphatic rings. The number of halogens is 1. The van der Waals surface area contributed by atoms with E-state index >= 15 is 0 Å². The number of ether oxygens (including phenoxy) is 3. The molecule has 0 spiro atoms. The first-order valence-electron chi connectivity index (χ1n) is 8.86. The van der Waals surface area contributed by atoms with Crippen LogP contribution in [0.4, 0.5) is 10.1 Å². The molecule has 0 saturated carbocycles. The standard InChI is InChI=1S/C21H20FN3O5/c1-12-5-7-15(14(22)9-12)23-21(27)20-16(26)11-19(30-4)25(24-20)13-6-8-17(28-2)18(10-13)29-3/h5-11H,1-4H3,(H,23,27). The first-order valence-corrected chi connectivity index (χ1v) is 8.86. The molecular weight excluding hydrogens is 393 g/mol. The molecule has 0 fully saturated rings. The topological polar surface area (TPSA) is 91.7 Å². The van der Waals surface area contributed by atoms with Gasteiger partial charge in [-0.2, -0.15) is 9.78 Å². The number of nitrogens with one attached hydrogen (secondary N) is 1. The van der Waals surface area contributed by atoms with Crippen molar-refractivity contribution < 1.29 is 23.4 Å². The number of amides is 1. The van der Waals surface area contributed by atoms with E-state index in [2.05, 4.69) is 10.4 Å². The average Bonchev–Trinajstić information content (AvgIpc) is 2.74. The minimum Gasteiger partial charge on any atom is -0.493 e. The molecule has 0 radical (unpaired) electrons. The van der Waals surface area contributed by atoms with Crippen molar-refractivity contribution in [3.05, 3.63) is 69.8 Å². The maximum absolute atomic E-state index is 14.1. The smallest absolute Gasteiger partial charge is 0.280 e. The normalized spacial score (nSPS) is 10.4. The third-order valence-corrected chi connectivity index (χ3v) is 4.31. The fourth-order valence-electron chi connectivity index (χ4n) is 2.79. The Hall–Kier alpha value is -3.88. The number of aromatic nitrogens is 2. The van der Waals surface area contributed by atoms with Crippen LogP contribution < -0.4 is 25.0 Å². The van der Waals surface area contributed by atoms with Crippen LogP contribution in [-0.2, 0) is 0 Å². The van der Waals surface area contributed by atoms with E-state index in [-0.39, 0.29) is 11.6 Å². The highest BCUT2D eigenvalue weighted by Gasteiger charge is 2.19. The number of hydrogen-bond acceptors (Lipinski definition) is 6. The first kappa shape index (κ1) is 20.8. The van der Waals surface area contributed by atoms with E-state index < -0.39 is 22.8 Å². The molecule has 30 heavy (non-hydrogen) atoms. The van der Waals surface area contributed by atoms with Crippen LogP contribution >= 0.6 is 0 Å². The highest BCUT2D eigenvalue weighted by molar-refractivity contribution is 6.02. The number of aryl methyl sites for hydroxylation is 1. The summed E-state index contributed by atoms with van der Waals surface area (Å²) in [7, 11) is 4.35. The van der Waals surface area contributed by atoms with Crippen molar-refractivity contribution in [2.24, 2.45) is 0 Å². The molecule has 156 valence electrons. The maximum Gasteiger partial charge on any atom is 0.280 e. The Balaban J connectivity index is 2.05. The zero-order valence-electron chi connectivity index (χ0n) is 16.9. The zero-order chi connectivity index (χ0) is 21.8. The van der Waals surface area contributed by atoms with Crippen molar-refractivity contribution >= 4 is 11.6 Å². The summed E-state index contributed by atoms with van der Waals surface area (Å²) < 4.78 is 31.1. The van der Waals surface area contributed by atoms with E-state index in [1.165, 1.54) is 38.1 Å². The summed E-state index contributed by atoms with van der Waals surface area (Å²) in [5.74, 6) is -0.443. The van der Waals surface area contributed by atoms with Gasteiger partial charge in [0.05, 0.1) is 38.8 Å². The molecule has 1 aromatic heterocycles. The second kappa shape index (κ2) is 8.64. The van der Waals surface area contributed by atoms with Gasteiger partial charge in [0.2, 0.25) is 11.3 Å². The number of methoxy groups -OCH3 is 3. The highest BCUT2D eigenvalue weighted by atomic mass is 19.1. The van der Waals surface area contributed by atoms with Crippen molar-refractivity contribution in [1.29, 1.82) is 0 Å². The Bertz CT molecular complexity index is 1160. The predicted molar refractivity (Wildman–Crippen MR) is 109 cm³/mol. The minimum absolute atomic E-state index is 0.0553. The first-order chi connectivity index (χ1) is 14.4. The Labute approximate surface area is 171 Å². The lowest BCUT2D eigenvalue weighted by molar-refractivity contribution is 0.101. The summed E-state index contributed by atoms with van der Waals surface area (Å²) in [6.07, 6.45) is 0. The van der Waals surface area contributed by atoms with Gasteiger partial charge in [0, 0.05) is 6.07 Å². The van der Waals surface area contributed by atoms with Crippen molar-refractivity contribution in [2.45, 2.75) is 6.92 Å². The predicted octanol–water partition coefficient (Wildman–Crippen LogP) is 2.96. The van der Waals surface area contributed by atoms with Crippen molar-refractivity contribution in [1.82, 2.24) is 9.78 Å². The van der Waals surface area contributed by atoms with Gasteiger partial charge in [0.25, 0.3) is 5.91 Å². The van der Waals surface area contributed by atoms with Gasteiger partial charge in [0.15, 0.2) is 17.2 Å². The number of nitrogens with zero attached hydrogens (tertiary/aromatic N) is 2. The molecular formula is C21H20FN3O5. The van der Waals surface area contributed by atoms with Crippen molar-refractivity contribution in [3.63, 3.8) is 0 Å². The molecule has 0 saturated heterocycles. The van der Waals surface area contributed by atoms with E-state index in [4.69, 9.17) is 14.2 Å². The molecule has 8 nitrogen and oxygen atoms in total. The Kier molecular flexibility index (Phi) is 6.01. The Morgan fingerprint density at radius 2 is 1.73 bits per heavy atom. The second-order valence-corrected chi connectivity index (χ2v) is 6.29. The maximum atomic E-state index is 14.1. The van der Waals surface area contributed by atoms with Crippen LogP contribution in [0.2, 0.25) is 0 Å². The zero-order valence-corrected chi connectivity index (χ0v) is 16.9. The van der Waals surface area contributed by atoms with E-state index in [9.17, 15) is 14.0 Å². The number of anilines is 1. The van der Waals surface area contributed by atoms with Gasteiger partial charge in [-0.05, 0) is 36.8 Å². The van der Waals surface area contributed by atoms with Gasteiger partial charge in [0.1, 0.15) is 5.82 Å². The number of benzene rings is 2. The quantitative estimate of drug-likeness (QED) is 0.668. The van der Waals surface area contributed by atoms with Gasteiger partial charge >= 0.3 is 0 Å². The van der Waals surface area contributed by atoms with Crippen LogP contribution in [0.5, 0.6) is 17.4 Å². The molecule has 0 aliphatic heterocycles. The molecule has 3 aromatic rings. The molecule has 0 atom stereocenters. The lowest BCUT2D eigenvalue weighted by Gasteiger charge is -2.15. The van der Waals surface area contributed by atoms with Crippen LogP contribution in [0, 0.1) is 12.7 Å². The summed E-state index contributed by atoms with van der Waals surface area (Å²) in [6, 6.07) is 10.4. The lowest BCUT2D eigenvalue weighted by atomic mass is 10.2. The molecule has 0 unspecified atom stereocenters. The van der Waals surface area contributed by atoms with Gasteiger partial charge in [-0.1, -0.05) is 6.07 Å². The number of rotatable bonds is 6. The second-order valence-electron chi connectivity index (χ2n) is 6.29. The van der Waals surface area contributed by atoms with Gasteiger partial charge < -0.3 is 19.5 Å². The minimum atomic E-state index is -0.848. The van der Waals surface area contributed by atoms with E-state index in [0.717, 1.165) is 6.07 Å². The fraction of sp³-hybridized carbons (Fsp3) is 0.190. The van der Waals surface area contributed by atoms with Crippen LogP contribution in [0.1, 0.15) is 16.1 Å². The summed E-state index contributed by atoms with van der Waals surface area (Å²) in [4.78, 5) is 25.1. The van der Waals surface area contributed by atoms with E-state index in [1.54, 1.807) is 31.2 Å². The molecule has 0 aliphatic carbocycles. The summed E-state index contributed by atoms with van der Waals surface area (Å²) in [6.45, 7) is 1.72. The monoisotopic (exact) mass is 413 g/mol. The van der Waals surface area contributed by atoms with Crippen molar-refractivity contribution in [2.75, 3.05) is 26.6 Å². The molecule has 0 bridgehead atoms. The molecule has 9 heteroatoms. The number of hydrogen-bond donors (Lipinski definition) is 1. The summed E-state index contributed by atoms with van der Waals surface area (Å²) in [5.41, 5.74) is 0.00314. The lowest BCUT2D eigenvalue weighted by Crippen LogP contribution is -2.26. The molecule has 3 rings (SSSR count). The van der Waals surface area contributed by atoms with Crippen LogP contribution in [0.25, 0.3) is 5.69 Å². The number of carbonyl (C=O) groups is 1. The largest absolute Gasteiger partial charge is 0.493 e. The average molecular weight is 413 g/mol. The number of carbonyl (C=O) groups excluding carboxylic acids is 1. The van der Waals surface area contributed by atoms with Gasteiger partial charge in [-0.15, -0.1) is 0 Å². The Morgan fingerprint density at radius 3 is 2.37 bits per heavy atom. The fourth-order valence-corrected chi connectivity index (χ4v) is 2.79. The summed E-state index contributed by atoms with van der Waals surface area (Å²) in [5, 5.41) is 6.51. The highest BCUT2D eigenvalue weighted by Crippen LogP contribution is 2.30. The molecule has 2 aromatic carbocycles. The van der Waals surface area contributed by atoms with Gasteiger partial charge in [-0.3, -0.25) is 9.59 Å². The van der Waals surface area contributed by atoms with E-state index in [0.29, 0.717) is 22.7 Å². The summed E-state index contributed by atoms with van der Waals surface area (Å²) >= 11 is 0. The SMILES string of the molecule is COc1ccc(-n2nc(C(=O)Nc3ccc(C)cc3F)c(=O)cc2OC)cc1OC. The molecule has 1 N–H and O–H groups in total. The third-order valence-electron chi connectivity index (χ3n) is 4.31. The van der Waals surface area contributed by atoms with Crippen LogP contribution in [-0.4, -0.2) is 37.0 Å². The van der Waals surface area contributed by atoms with Crippen molar-refractivity contribution in [3.8, 4) is 23.1 Å². The Morgan fingerprint density at radius 1 is 1.00 bits per heavy atom. The van der Waals surface area contributed by atoms with E-state index in [1.807, 2.05) is 0 Å². The molecule has 1 amide bonds. The molecule has 1 heterocycles. The van der Waals surface area contributed by atoms with Crippen LogP contribution in [0.3, 0.4) is 0 Å².